The van der Waals surface area contributed by atoms with Crippen LogP contribution in [0.2, 0.25) is 0 Å². The Bertz CT molecular complexity index is 70.8. The van der Waals surface area contributed by atoms with Gasteiger partial charge in [-0.15, -0.1) is 0 Å². The standard InChI is InChI=1S/C5H10O2.Cu/c1-4(2)7-5(3)6;/h4H,1-3H3;/q;+2. The van der Waals surface area contributed by atoms with E-state index in [9.17, 15) is 4.79 Å². The molecule has 1 radical (unpaired) electrons. The molecule has 0 rings (SSSR count). The molecule has 0 aliphatic carbocycles. The van der Waals surface area contributed by atoms with Crippen LogP contribution < -0.4 is 0 Å². The van der Waals surface area contributed by atoms with Gasteiger partial charge in [-0.05, 0) is 13.8 Å². The number of rotatable bonds is 1. The van der Waals surface area contributed by atoms with Crippen LogP contribution in [0.15, 0.2) is 0 Å². The van der Waals surface area contributed by atoms with Crippen molar-refractivity contribution >= 4 is 5.97 Å². The Morgan fingerprint density at radius 3 is 1.88 bits per heavy atom. The van der Waals surface area contributed by atoms with E-state index in [-0.39, 0.29) is 29.1 Å². The third-order valence-electron chi connectivity index (χ3n) is 0.402. The Hall–Kier alpha value is -0.0105. The van der Waals surface area contributed by atoms with E-state index >= 15 is 0 Å². The Labute approximate surface area is 60.1 Å². The minimum Gasteiger partial charge on any atom is -0.463 e. The van der Waals surface area contributed by atoms with Crippen molar-refractivity contribution in [3.8, 4) is 0 Å². The molecular weight excluding hydrogens is 156 g/mol. The van der Waals surface area contributed by atoms with Crippen LogP contribution in [0.1, 0.15) is 20.8 Å². The Morgan fingerprint density at radius 1 is 1.50 bits per heavy atom. The minimum absolute atomic E-state index is 0. The zero-order chi connectivity index (χ0) is 5.86. The first-order chi connectivity index (χ1) is 3.13. The average molecular weight is 166 g/mol. The molecule has 0 aromatic heterocycles. The van der Waals surface area contributed by atoms with E-state index < -0.39 is 0 Å². The van der Waals surface area contributed by atoms with Gasteiger partial charge >= 0.3 is 23.0 Å². The molecule has 0 aromatic rings. The van der Waals surface area contributed by atoms with Crippen LogP contribution in [0.5, 0.6) is 0 Å². The van der Waals surface area contributed by atoms with Crippen molar-refractivity contribution in [1.29, 1.82) is 0 Å². The van der Waals surface area contributed by atoms with Crippen LogP contribution in [0.25, 0.3) is 0 Å². The molecule has 0 saturated heterocycles. The number of hydrogen-bond donors (Lipinski definition) is 0. The zero-order valence-electron chi connectivity index (χ0n) is 5.20. The third kappa shape index (κ3) is 9.37. The van der Waals surface area contributed by atoms with Crippen molar-refractivity contribution in [2.45, 2.75) is 26.9 Å². The molecule has 0 atom stereocenters. The predicted molar refractivity (Wildman–Crippen MR) is 26.9 cm³/mol. The average Bonchev–Trinajstić information content (AvgIpc) is 1.27. The maximum absolute atomic E-state index is 10.0. The molecule has 0 aliphatic heterocycles. The molecule has 0 heterocycles. The fraction of sp³-hybridized carbons (Fsp3) is 0.800. The molecular formula is C5H10CuO2+2. The summed E-state index contributed by atoms with van der Waals surface area (Å²) < 4.78 is 4.61. The van der Waals surface area contributed by atoms with E-state index in [0.717, 1.165) is 0 Å². The molecule has 8 heavy (non-hydrogen) atoms. The van der Waals surface area contributed by atoms with E-state index in [1.165, 1.54) is 6.92 Å². The molecule has 2 nitrogen and oxygen atoms in total. The third-order valence-corrected chi connectivity index (χ3v) is 0.402. The topological polar surface area (TPSA) is 26.3 Å². The molecule has 0 unspecified atom stereocenters. The van der Waals surface area contributed by atoms with E-state index in [1.54, 1.807) is 0 Å². The minimum atomic E-state index is -0.213. The fourth-order valence-corrected chi connectivity index (χ4v) is 0.332. The number of carbonyl (C=O) groups is 1. The van der Waals surface area contributed by atoms with Crippen LogP contribution in [0.3, 0.4) is 0 Å². The summed E-state index contributed by atoms with van der Waals surface area (Å²) >= 11 is 0. The van der Waals surface area contributed by atoms with Crippen molar-refractivity contribution in [3.63, 3.8) is 0 Å². The summed E-state index contributed by atoms with van der Waals surface area (Å²) in [5, 5.41) is 0. The number of esters is 1. The van der Waals surface area contributed by atoms with Gasteiger partial charge in [0.2, 0.25) is 0 Å². The van der Waals surface area contributed by atoms with Gasteiger partial charge in [0.25, 0.3) is 0 Å². The predicted octanol–water partition coefficient (Wildman–Crippen LogP) is 0.955. The quantitative estimate of drug-likeness (QED) is 0.428. The first-order valence-corrected chi connectivity index (χ1v) is 2.30. The second-order valence-electron chi connectivity index (χ2n) is 1.66. The second kappa shape index (κ2) is 5.13. The molecule has 0 bridgehead atoms. The van der Waals surface area contributed by atoms with Crippen molar-refractivity contribution in [3.05, 3.63) is 0 Å². The molecule has 0 fully saturated rings. The summed E-state index contributed by atoms with van der Waals surface area (Å²) in [6, 6.07) is 0. The Morgan fingerprint density at radius 2 is 1.88 bits per heavy atom. The molecule has 0 saturated carbocycles. The van der Waals surface area contributed by atoms with E-state index in [2.05, 4.69) is 4.74 Å². The van der Waals surface area contributed by atoms with Crippen molar-refractivity contribution in [2.75, 3.05) is 0 Å². The van der Waals surface area contributed by atoms with Crippen LogP contribution in [0.4, 0.5) is 0 Å². The number of hydrogen-bond acceptors (Lipinski definition) is 2. The maximum atomic E-state index is 10.0. The van der Waals surface area contributed by atoms with Gasteiger partial charge in [0.1, 0.15) is 0 Å². The monoisotopic (exact) mass is 165 g/mol. The number of ether oxygens (including phenoxy) is 1. The summed E-state index contributed by atoms with van der Waals surface area (Å²) in [7, 11) is 0. The second-order valence-corrected chi connectivity index (χ2v) is 1.66. The summed E-state index contributed by atoms with van der Waals surface area (Å²) in [6.07, 6.45) is 0.0255. The Balaban J connectivity index is 0. The summed E-state index contributed by atoms with van der Waals surface area (Å²) in [5.41, 5.74) is 0. The molecule has 3 heteroatoms. The van der Waals surface area contributed by atoms with Gasteiger partial charge in [0, 0.05) is 6.92 Å². The molecule has 0 N–H and O–H groups in total. The first-order valence-electron chi connectivity index (χ1n) is 2.30. The summed E-state index contributed by atoms with van der Waals surface area (Å²) in [4.78, 5) is 10.0. The van der Waals surface area contributed by atoms with Crippen LogP contribution in [-0.4, -0.2) is 12.1 Å². The van der Waals surface area contributed by atoms with Crippen molar-refractivity contribution < 1.29 is 26.6 Å². The molecule has 0 aromatic carbocycles. The van der Waals surface area contributed by atoms with E-state index in [4.69, 9.17) is 0 Å². The number of carbonyl (C=O) groups excluding carboxylic acids is 1. The largest absolute Gasteiger partial charge is 2.00 e. The molecule has 51 valence electrons. The Kier molecular flexibility index (Phi) is 6.98. The first kappa shape index (κ1) is 10.9. The van der Waals surface area contributed by atoms with E-state index in [1.807, 2.05) is 13.8 Å². The van der Waals surface area contributed by atoms with Crippen molar-refractivity contribution in [1.82, 2.24) is 0 Å². The smallest absolute Gasteiger partial charge is 0.463 e. The maximum Gasteiger partial charge on any atom is 2.00 e. The molecule has 0 aliphatic rings. The summed E-state index contributed by atoms with van der Waals surface area (Å²) in [5.74, 6) is -0.213. The summed E-state index contributed by atoms with van der Waals surface area (Å²) in [6.45, 7) is 5.04. The van der Waals surface area contributed by atoms with Crippen molar-refractivity contribution in [2.24, 2.45) is 0 Å². The normalized spacial score (nSPS) is 8.00. The van der Waals surface area contributed by atoms with Gasteiger partial charge in [0.05, 0.1) is 6.10 Å². The molecule has 0 spiro atoms. The van der Waals surface area contributed by atoms with Gasteiger partial charge in [-0.25, -0.2) is 0 Å². The van der Waals surface area contributed by atoms with Gasteiger partial charge in [-0.2, -0.15) is 0 Å². The van der Waals surface area contributed by atoms with Gasteiger partial charge in [0.15, 0.2) is 0 Å². The van der Waals surface area contributed by atoms with Gasteiger partial charge in [-0.1, -0.05) is 0 Å². The van der Waals surface area contributed by atoms with Gasteiger partial charge in [-0.3, -0.25) is 4.79 Å². The zero-order valence-corrected chi connectivity index (χ0v) is 6.14. The fourth-order valence-electron chi connectivity index (χ4n) is 0.332. The van der Waals surface area contributed by atoms with Gasteiger partial charge < -0.3 is 4.74 Å². The molecule has 0 amide bonds. The van der Waals surface area contributed by atoms with Crippen LogP contribution in [-0.2, 0) is 26.6 Å². The SMILES string of the molecule is CC(=O)OC(C)C.[Cu+2]. The van der Waals surface area contributed by atoms with E-state index in [0.29, 0.717) is 0 Å². The van der Waals surface area contributed by atoms with Crippen LogP contribution in [0, 0.1) is 0 Å². The van der Waals surface area contributed by atoms with Crippen LogP contribution >= 0.6 is 0 Å².